The number of ether oxygens (including phenoxy) is 1. The molecule has 1 saturated heterocycles. The second-order valence-corrected chi connectivity index (χ2v) is 6.44. The molecule has 0 aromatic heterocycles. The molecular formula is C19H30N2O2. The standard InChI is InChI=1S/C19H30N2O2/c1-3-4-5-6-14-23-18-9-7-8-17(15-18)19(22)16-21-12-10-20(2)11-13-21/h7-9,15H,3-6,10-14,16H2,1-2H3. The van der Waals surface area contributed by atoms with Gasteiger partial charge in [-0.25, -0.2) is 0 Å². The highest BCUT2D eigenvalue weighted by atomic mass is 16.5. The number of unbranched alkanes of at least 4 members (excludes halogenated alkanes) is 3. The van der Waals surface area contributed by atoms with E-state index in [0.717, 1.165) is 50.5 Å². The van der Waals surface area contributed by atoms with E-state index in [-0.39, 0.29) is 5.78 Å². The van der Waals surface area contributed by atoms with Gasteiger partial charge in [-0.2, -0.15) is 0 Å². The smallest absolute Gasteiger partial charge is 0.176 e. The Kier molecular flexibility index (Phi) is 7.56. The highest BCUT2D eigenvalue weighted by Gasteiger charge is 2.17. The monoisotopic (exact) mass is 318 g/mol. The van der Waals surface area contributed by atoms with E-state index < -0.39 is 0 Å². The molecule has 0 saturated carbocycles. The Morgan fingerprint density at radius 3 is 2.65 bits per heavy atom. The van der Waals surface area contributed by atoms with Crippen molar-refractivity contribution in [2.45, 2.75) is 32.6 Å². The van der Waals surface area contributed by atoms with Crippen LogP contribution in [0.25, 0.3) is 0 Å². The Hall–Kier alpha value is -1.39. The number of hydrogen-bond acceptors (Lipinski definition) is 4. The number of Topliss-reactive ketones (excluding diaryl/α,β-unsaturated/α-hetero) is 1. The normalized spacial score (nSPS) is 16.4. The van der Waals surface area contributed by atoms with E-state index in [1.165, 1.54) is 19.3 Å². The lowest BCUT2D eigenvalue weighted by atomic mass is 10.1. The number of rotatable bonds is 9. The molecule has 128 valence electrons. The molecule has 1 aliphatic rings. The first-order valence-corrected chi connectivity index (χ1v) is 8.86. The predicted molar refractivity (Wildman–Crippen MR) is 94.3 cm³/mol. The second kappa shape index (κ2) is 9.68. The van der Waals surface area contributed by atoms with Crippen molar-refractivity contribution in [3.63, 3.8) is 0 Å². The lowest BCUT2D eigenvalue weighted by molar-refractivity contribution is 0.0876. The fourth-order valence-electron chi connectivity index (χ4n) is 2.78. The maximum absolute atomic E-state index is 12.5. The van der Waals surface area contributed by atoms with Crippen LogP contribution in [0, 0.1) is 0 Å². The molecule has 1 aromatic rings. The van der Waals surface area contributed by atoms with Crippen molar-refractivity contribution < 1.29 is 9.53 Å². The van der Waals surface area contributed by atoms with Crippen molar-refractivity contribution in [2.75, 3.05) is 46.4 Å². The summed E-state index contributed by atoms with van der Waals surface area (Å²) >= 11 is 0. The number of nitrogens with zero attached hydrogens (tertiary/aromatic N) is 2. The largest absolute Gasteiger partial charge is 0.494 e. The summed E-state index contributed by atoms with van der Waals surface area (Å²) in [5, 5.41) is 0. The molecule has 0 atom stereocenters. The van der Waals surface area contributed by atoms with Crippen molar-refractivity contribution in [3.05, 3.63) is 29.8 Å². The highest BCUT2D eigenvalue weighted by Crippen LogP contribution is 2.15. The van der Waals surface area contributed by atoms with Crippen LogP contribution in [0.3, 0.4) is 0 Å². The van der Waals surface area contributed by atoms with E-state index in [4.69, 9.17) is 4.74 Å². The van der Waals surface area contributed by atoms with Gasteiger partial charge in [0.05, 0.1) is 13.2 Å². The Morgan fingerprint density at radius 1 is 1.13 bits per heavy atom. The van der Waals surface area contributed by atoms with E-state index in [9.17, 15) is 4.79 Å². The third-order valence-corrected chi connectivity index (χ3v) is 4.39. The van der Waals surface area contributed by atoms with Crippen LogP contribution in [0.1, 0.15) is 43.0 Å². The van der Waals surface area contributed by atoms with Crippen molar-refractivity contribution in [3.8, 4) is 5.75 Å². The Bertz CT molecular complexity index is 482. The van der Waals surface area contributed by atoms with Crippen LogP contribution in [0.15, 0.2) is 24.3 Å². The first-order chi connectivity index (χ1) is 11.2. The number of carbonyl (C=O) groups is 1. The van der Waals surface area contributed by atoms with Gasteiger partial charge in [0.25, 0.3) is 0 Å². The molecule has 0 aliphatic carbocycles. The predicted octanol–water partition coefficient (Wildman–Crippen LogP) is 3.08. The number of likely N-dealkylation sites (N-methyl/N-ethyl adjacent to an activating group) is 1. The topological polar surface area (TPSA) is 32.8 Å². The average molecular weight is 318 g/mol. The fourth-order valence-corrected chi connectivity index (χ4v) is 2.78. The van der Waals surface area contributed by atoms with Gasteiger partial charge in [0, 0.05) is 31.7 Å². The first-order valence-electron chi connectivity index (χ1n) is 8.86. The molecule has 0 radical (unpaired) electrons. The van der Waals surface area contributed by atoms with E-state index in [0.29, 0.717) is 6.54 Å². The quantitative estimate of drug-likeness (QED) is 0.517. The SMILES string of the molecule is CCCCCCOc1cccc(C(=O)CN2CCN(C)CC2)c1. The fraction of sp³-hybridized carbons (Fsp3) is 0.632. The maximum atomic E-state index is 12.5. The summed E-state index contributed by atoms with van der Waals surface area (Å²) in [5.41, 5.74) is 0.759. The van der Waals surface area contributed by atoms with Gasteiger partial charge in [0.1, 0.15) is 5.75 Å². The average Bonchev–Trinajstić information content (AvgIpc) is 2.57. The number of hydrogen-bond donors (Lipinski definition) is 0. The van der Waals surface area contributed by atoms with Crippen LogP contribution < -0.4 is 4.74 Å². The molecule has 1 aromatic carbocycles. The maximum Gasteiger partial charge on any atom is 0.176 e. The summed E-state index contributed by atoms with van der Waals surface area (Å²) in [7, 11) is 2.13. The summed E-state index contributed by atoms with van der Waals surface area (Å²) in [6, 6.07) is 7.63. The van der Waals surface area contributed by atoms with Crippen LogP contribution in [0.2, 0.25) is 0 Å². The van der Waals surface area contributed by atoms with E-state index in [1.54, 1.807) is 0 Å². The van der Waals surface area contributed by atoms with Crippen LogP contribution in [0.4, 0.5) is 0 Å². The number of ketones is 1. The highest BCUT2D eigenvalue weighted by molar-refractivity contribution is 5.97. The molecule has 0 unspecified atom stereocenters. The third-order valence-electron chi connectivity index (χ3n) is 4.39. The Balaban J connectivity index is 1.80. The molecular weight excluding hydrogens is 288 g/mol. The summed E-state index contributed by atoms with van der Waals surface area (Å²) in [5.74, 6) is 0.997. The zero-order chi connectivity index (χ0) is 16.5. The summed E-state index contributed by atoms with van der Waals surface area (Å²) in [4.78, 5) is 17.0. The first kappa shape index (κ1) is 18.0. The molecule has 1 aliphatic heterocycles. The van der Waals surface area contributed by atoms with Crippen molar-refractivity contribution >= 4 is 5.78 Å². The van der Waals surface area contributed by atoms with Crippen LogP contribution in [0.5, 0.6) is 5.75 Å². The molecule has 4 heteroatoms. The zero-order valence-electron chi connectivity index (χ0n) is 14.6. The van der Waals surface area contributed by atoms with Crippen LogP contribution >= 0.6 is 0 Å². The minimum atomic E-state index is 0.186. The Labute approximate surface area is 140 Å². The molecule has 0 spiro atoms. The summed E-state index contributed by atoms with van der Waals surface area (Å²) < 4.78 is 5.77. The third kappa shape index (κ3) is 6.32. The van der Waals surface area contributed by atoms with Crippen LogP contribution in [-0.2, 0) is 0 Å². The van der Waals surface area contributed by atoms with Gasteiger partial charge in [-0.15, -0.1) is 0 Å². The molecule has 1 heterocycles. The molecule has 1 fully saturated rings. The molecule has 2 rings (SSSR count). The zero-order valence-corrected chi connectivity index (χ0v) is 14.6. The van der Waals surface area contributed by atoms with Crippen molar-refractivity contribution in [2.24, 2.45) is 0 Å². The minimum Gasteiger partial charge on any atom is -0.494 e. The number of carbonyl (C=O) groups excluding carboxylic acids is 1. The van der Waals surface area contributed by atoms with E-state index in [1.807, 2.05) is 24.3 Å². The number of benzene rings is 1. The van der Waals surface area contributed by atoms with Crippen LogP contribution in [-0.4, -0.2) is 62.0 Å². The number of piperazine rings is 1. The Morgan fingerprint density at radius 2 is 1.91 bits per heavy atom. The van der Waals surface area contributed by atoms with Gasteiger partial charge in [-0.1, -0.05) is 38.3 Å². The van der Waals surface area contributed by atoms with E-state index >= 15 is 0 Å². The van der Waals surface area contributed by atoms with E-state index in [2.05, 4.69) is 23.8 Å². The van der Waals surface area contributed by atoms with Gasteiger partial charge in [0.15, 0.2) is 5.78 Å². The molecule has 0 bridgehead atoms. The van der Waals surface area contributed by atoms with Crippen molar-refractivity contribution in [1.29, 1.82) is 0 Å². The molecule has 23 heavy (non-hydrogen) atoms. The molecule has 0 N–H and O–H groups in total. The van der Waals surface area contributed by atoms with Gasteiger partial charge in [-0.3, -0.25) is 9.69 Å². The lowest BCUT2D eigenvalue weighted by Gasteiger charge is -2.31. The van der Waals surface area contributed by atoms with Gasteiger partial charge in [-0.05, 0) is 25.6 Å². The lowest BCUT2D eigenvalue weighted by Crippen LogP contribution is -2.46. The summed E-state index contributed by atoms with van der Waals surface area (Å²) in [6.45, 7) is 7.45. The van der Waals surface area contributed by atoms with Gasteiger partial charge < -0.3 is 9.64 Å². The van der Waals surface area contributed by atoms with Gasteiger partial charge >= 0.3 is 0 Å². The molecule has 4 nitrogen and oxygen atoms in total. The van der Waals surface area contributed by atoms with Crippen molar-refractivity contribution in [1.82, 2.24) is 9.80 Å². The minimum absolute atomic E-state index is 0.186. The second-order valence-electron chi connectivity index (χ2n) is 6.44. The van der Waals surface area contributed by atoms with Gasteiger partial charge in [0.2, 0.25) is 0 Å². The molecule has 0 amide bonds. The summed E-state index contributed by atoms with van der Waals surface area (Å²) in [6.07, 6.45) is 4.77.